The van der Waals surface area contributed by atoms with E-state index in [0.29, 0.717) is 10.8 Å². The molecule has 1 aliphatic heterocycles. The Balaban J connectivity index is 1.98. The summed E-state index contributed by atoms with van der Waals surface area (Å²) >= 11 is 5.96. The van der Waals surface area contributed by atoms with E-state index in [2.05, 4.69) is 0 Å². The maximum Gasteiger partial charge on any atom is 0.260 e. The van der Waals surface area contributed by atoms with Gasteiger partial charge in [-0.05, 0) is 44.4 Å². The lowest BCUT2D eigenvalue weighted by Gasteiger charge is -2.26. The summed E-state index contributed by atoms with van der Waals surface area (Å²) in [6.07, 6.45) is 3.37. The lowest BCUT2D eigenvalue weighted by molar-refractivity contribution is -0.134. The van der Waals surface area contributed by atoms with E-state index in [1.807, 2.05) is 11.8 Å². The molecule has 0 spiro atoms. The molecule has 1 atom stereocenters. The highest BCUT2D eigenvalue weighted by molar-refractivity contribution is 6.30. The van der Waals surface area contributed by atoms with Gasteiger partial charge in [0.15, 0.2) is 6.61 Å². The molecule has 20 heavy (non-hydrogen) atoms. The summed E-state index contributed by atoms with van der Waals surface area (Å²) in [5.74, 6) is 0.671. The number of likely N-dealkylation sites (tertiary alicyclic amines) is 1. The van der Waals surface area contributed by atoms with Crippen molar-refractivity contribution in [3.63, 3.8) is 0 Å². The molecule has 2 N–H and O–H groups in total. The van der Waals surface area contributed by atoms with Crippen LogP contribution in [-0.2, 0) is 4.79 Å². The summed E-state index contributed by atoms with van der Waals surface area (Å²) in [6, 6.07) is 5.11. The number of carbonyl (C=O) groups excluding carboxylic acids is 1. The Hall–Kier alpha value is -1.26. The molecule has 0 aliphatic carbocycles. The van der Waals surface area contributed by atoms with Crippen LogP contribution >= 0.6 is 11.6 Å². The fourth-order valence-electron chi connectivity index (χ4n) is 2.38. The first-order valence-electron chi connectivity index (χ1n) is 7.03. The van der Waals surface area contributed by atoms with Gasteiger partial charge in [-0.15, -0.1) is 0 Å². The molecular formula is C15H21ClN2O2. The van der Waals surface area contributed by atoms with E-state index in [1.165, 1.54) is 6.42 Å². The maximum absolute atomic E-state index is 12.1. The van der Waals surface area contributed by atoms with Crippen molar-refractivity contribution in [3.8, 4) is 5.75 Å². The van der Waals surface area contributed by atoms with Crippen molar-refractivity contribution in [3.05, 3.63) is 28.8 Å². The Labute approximate surface area is 124 Å². The van der Waals surface area contributed by atoms with Gasteiger partial charge in [-0.25, -0.2) is 0 Å². The van der Waals surface area contributed by atoms with Crippen molar-refractivity contribution in [2.45, 2.75) is 32.2 Å². The monoisotopic (exact) mass is 296 g/mol. The van der Waals surface area contributed by atoms with Crippen molar-refractivity contribution < 1.29 is 9.53 Å². The third-order valence-corrected chi connectivity index (χ3v) is 3.76. The van der Waals surface area contributed by atoms with E-state index < -0.39 is 0 Å². The van der Waals surface area contributed by atoms with Crippen LogP contribution in [-0.4, -0.2) is 30.5 Å². The number of halogens is 1. The number of piperidine rings is 1. The highest BCUT2D eigenvalue weighted by Gasteiger charge is 2.18. The van der Waals surface area contributed by atoms with Crippen molar-refractivity contribution in [1.82, 2.24) is 4.90 Å². The van der Waals surface area contributed by atoms with Crippen LogP contribution in [0.2, 0.25) is 5.02 Å². The minimum atomic E-state index is -0.186. The molecule has 0 aromatic heterocycles. The maximum atomic E-state index is 12.1. The molecule has 1 amide bonds. The van der Waals surface area contributed by atoms with E-state index in [4.69, 9.17) is 22.1 Å². The lowest BCUT2D eigenvalue weighted by Crippen LogP contribution is -2.38. The topological polar surface area (TPSA) is 55.6 Å². The molecule has 1 aromatic rings. The summed E-state index contributed by atoms with van der Waals surface area (Å²) < 4.78 is 5.64. The van der Waals surface area contributed by atoms with Crippen LogP contribution in [0.5, 0.6) is 5.75 Å². The SMILES string of the molecule is C[C@H](N)c1cc(Cl)ccc1OCC(=O)N1CCCCC1. The Morgan fingerprint density at radius 1 is 1.40 bits per heavy atom. The molecule has 0 unspecified atom stereocenters. The highest BCUT2D eigenvalue weighted by atomic mass is 35.5. The number of ether oxygens (including phenoxy) is 1. The van der Waals surface area contributed by atoms with E-state index >= 15 is 0 Å². The van der Waals surface area contributed by atoms with Gasteiger partial charge in [0.05, 0.1) is 0 Å². The zero-order valence-electron chi connectivity index (χ0n) is 11.8. The van der Waals surface area contributed by atoms with Gasteiger partial charge >= 0.3 is 0 Å². The van der Waals surface area contributed by atoms with Crippen LogP contribution < -0.4 is 10.5 Å². The largest absolute Gasteiger partial charge is 0.483 e. The van der Waals surface area contributed by atoms with Gasteiger partial charge in [-0.2, -0.15) is 0 Å². The Morgan fingerprint density at radius 2 is 2.10 bits per heavy atom. The number of rotatable bonds is 4. The standard InChI is InChI=1S/C15H21ClN2O2/c1-11(17)13-9-12(16)5-6-14(13)20-10-15(19)18-7-3-2-4-8-18/h5-6,9,11H,2-4,7-8,10,17H2,1H3/t11-/m0/s1. The number of hydrogen-bond donors (Lipinski definition) is 1. The number of nitrogens with zero attached hydrogens (tertiary/aromatic N) is 1. The molecule has 1 saturated heterocycles. The second-order valence-electron chi connectivity index (χ2n) is 5.20. The van der Waals surface area contributed by atoms with E-state index in [0.717, 1.165) is 31.5 Å². The molecule has 4 nitrogen and oxygen atoms in total. The Kier molecular flexibility index (Phi) is 5.26. The molecule has 0 bridgehead atoms. The van der Waals surface area contributed by atoms with Crippen LogP contribution in [0, 0.1) is 0 Å². The number of carbonyl (C=O) groups is 1. The van der Waals surface area contributed by atoms with Gasteiger partial charge < -0.3 is 15.4 Å². The summed E-state index contributed by atoms with van der Waals surface area (Å²) in [6.45, 7) is 3.60. The normalized spacial score (nSPS) is 16.9. The molecule has 0 radical (unpaired) electrons. The molecule has 1 heterocycles. The third kappa shape index (κ3) is 3.87. The molecular weight excluding hydrogens is 276 g/mol. The van der Waals surface area contributed by atoms with Crippen LogP contribution in [0.4, 0.5) is 0 Å². The number of benzene rings is 1. The van der Waals surface area contributed by atoms with Crippen molar-refractivity contribution in [2.75, 3.05) is 19.7 Å². The number of nitrogens with two attached hydrogens (primary N) is 1. The Morgan fingerprint density at radius 3 is 2.75 bits per heavy atom. The minimum absolute atomic E-state index is 0.0373. The first kappa shape index (κ1) is 15.1. The molecule has 1 fully saturated rings. The minimum Gasteiger partial charge on any atom is -0.483 e. The zero-order chi connectivity index (χ0) is 14.5. The smallest absolute Gasteiger partial charge is 0.260 e. The van der Waals surface area contributed by atoms with Gasteiger partial charge in [0.25, 0.3) is 5.91 Å². The van der Waals surface area contributed by atoms with Gasteiger partial charge in [-0.1, -0.05) is 11.6 Å². The first-order chi connectivity index (χ1) is 9.58. The molecule has 2 rings (SSSR count). The van der Waals surface area contributed by atoms with Crippen LogP contribution in [0.1, 0.15) is 37.8 Å². The summed E-state index contributed by atoms with van der Waals surface area (Å²) in [7, 11) is 0. The fourth-order valence-corrected chi connectivity index (χ4v) is 2.56. The van der Waals surface area contributed by atoms with Crippen molar-refractivity contribution in [1.29, 1.82) is 0 Å². The fraction of sp³-hybridized carbons (Fsp3) is 0.533. The second-order valence-corrected chi connectivity index (χ2v) is 5.64. The molecule has 0 saturated carbocycles. The molecule has 5 heteroatoms. The molecule has 1 aromatic carbocycles. The zero-order valence-corrected chi connectivity index (χ0v) is 12.5. The third-order valence-electron chi connectivity index (χ3n) is 3.52. The quantitative estimate of drug-likeness (QED) is 0.929. The van der Waals surface area contributed by atoms with Crippen LogP contribution in [0.3, 0.4) is 0 Å². The summed E-state index contributed by atoms with van der Waals surface area (Å²) in [5, 5.41) is 0.618. The average Bonchev–Trinajstić information content (AvgIpc) is 2.46. The van der Waals surface area contributed by atoms with Gasteiger partial charge in [0.1, 0.15) is 5.75 Å². The molecule has 1 aliphatic rings. The van der Waals surface area contributed by atoms with Crippen LogP contribution in [0.25, 0.3) is 0 Å². The predicted molar refractivity (Wildman–Crippen MR) is 80.0 cm³/mol. The number of hydrogen-bond acceptors (Lipinski definition) is 3. The van der Waals surface area contributed by atoms with Gasteiger partial charge in [0.2, 0.25) is 0 Å². The lowest BCUT2D eigenvalue weighted by atomic mass is 10.1. The van der Waals surface area contributed by atoms with Crippen molar-refractivity contribution in [2.24, 2.45) is 5.73 Å². The van der Waals surface area contributed by atoms with Crippen molar-refractivity contribution >= 4 is 17.5 Å². The van der Waals surface area contributed by atoms with Crippen LogP contribution in [0.15, 0.2) is 18.2 Å². The number of amides is 1. The first-order valence-corrected chi connectivity index (χ1v) is 7.41. The average molecular weight is 297 g/mol. The predicted octanol–water partition coefficient (Wildman–Crippen LogP) is 2.75. The van der Waals surface area contributed by atoms with E-state index in [-0.39, 0.29) is 18.6 Å². The summed E-state index contributed by atoms with van der Waals surface area (Å²) in [5.41, 5.74) is 6.72. The summed E-state index contributed by atoms with van der Waals surface area (Å²) in [4.78, 5) is 13.9. The van der Waals surface area contributed by atoms with E-state index in [9.17, 15) is 4.79 Å². The molecule has 110 valence electrons. The Bertz CT molecular complexity index is 471. The second kappa shape index (κ2) is 6.95. The van der Waals surface area contributed by atoms with Gasteiger partial charge in [0, 0.05) is 29.7 Å². The van der Waals surface area contributed by atoms with Gasteiger partial charge in [-0.3, -0.25) is 4.79 Å². The highest BCUT2D eigenvalue weighted by Crippen LogP contribution is 2.27. The van der Waals surface area contributed by atoms with E-state index in [1.54, 1.807) is 18.2 Å².